The van der Waals surface area contributed by atoms with Crippen LogP contribution in [0, 0.1) is 0 Å². The van der Waals surface area contributed by atoms with Crippen LogP contribution in [-0.2, 0) is 0 Å². The van der Waals surface area contributed by atoms with Gasteiger partial charge < -0.3 is 14.8 Å². The molecule has 2 heterocycles. The molecule has 0 saturated carbocycles. The van der Waals surface area contributed by atoms with Gasteiger partial charge in [-0.2, -0.15) is 0 Å². The van der Waals surface area contributed by atoms with Crippen molar-refractivity contribution in [3.8, 4) is 33.5 Å². The number of thiazole rings is 2. The lowest BCUT2D eigenvalue weighted by Crippen LogP contribution is -1.93. The van der Waals surface area contributed by atoms with Crippen LogP contribution >= 0.6 is 34.3 Å². The Hall–Kier alpha value is -2.61. The standard InChI is InChI=1S/C20H16ClN3O2S2/c1-25-15-7-14(8-16(9-15)26-2)22-20-24-18(11-28-20)19-23-17(10-27-19)12-4-3-5-13(21)6-12/h3-11H,1-2H3,(H,22,24). The minimum atomic E-state index is 0.695. The van der Waals surface area contributed by atoms with Crippen LogP contribution in [0.2, 0.25) is 5.02 Å². The highest BCUT2D eigenvalue weighted by Crippen LogP contribution is 2.34. The second-order valence-electron chi connectivity index (χ2n) is 5.81. The van der Waals surface area contributed by atoms with Crippen LogP contribution in [0.1, 0.15) is 0 Å². The first-order valence-electron chi connectivity index (χ1n) is 8.32. The number of rotatable bonds is 6. The molecule has 0 aliphatic heterocycles. The molecule has 0 fully saturated rings. The normalized spacial score (nSPS) is 10.7. The molecule has 0 atom stereocenters. The second-order valence-corrected chi connectivity index (χ2v) is 7.97. The fourth-order valence-corrected chi connectivity index (χ4v) is 4.37. The maximum Gasteiger partial charge on any atom is 0.187 e. The van der Waals surface area contributed by atoms with Crippen LogP contribution in [0.25, 0.3) is 22.0 Å². The van der Waals surface area contributed by atoms with Gasteiger partial charge in [0, 0.05) is 45.2 Å². The molecule has 0 aliphatic carbocycles. The Labute approximate surface area is 175 Å². The van der Waals surface area contributed by atoms with Gasteiger partial charge in [0.05, 0.1) is 19.9 Å². The van der Waals surface area contributed by atoms with E-state index in [9.17, 15) is 0 Å². The molecule has 2 aromatic carbocycles. The van der Waals surface area contributed by atoms with E-state index in [-0.39, 0.29) is 0 Å². The largest absolute Gasteiger partial charge is 0.497 e. The Morgan fingerprint density at radius 1 is 0.893 bits per heavy atom. The van der Waals surface area contributed by atoms with E-state index in [1.807, 2.05) is 53.2 Å². The number of aromatic nitrogens is 2. The lowest BCUT2D eigenvalue weighted by atomic mass is 10.2. The molecule has 142 valence electrons. The molecule has 0 aliphatic rings. The van der Waals surface area contributed by atoms with Crippen molar-refractivity contribution in [3.05, 3.63) is 58.2 Å². The van der Waals surface area contributed by atoms with Crippen molar-refractivity contribution in [1.29, 1.82) is 0 Å². The SMILES string of the molecule is COc1cc(Nc2nc(-c3nc(-c4cccc(Cl)c4)cs3)cs2)cc(OC)c1. The first kappa shape index (κ1) is 18.7. The Bertz CT molecular complexity index is 1090. The van der Waals surface area contributed by atoms with E-state index >= 15 is 0 Å². The van der Waals surface area contributed by atoms with Gasteiger partial charge >= 0.3 is 0 Å². The zero-order valence-corrected chi connectivity index (χ0v) is 17.5. The third-order valence-electron chi connectivity index (χ3n) is 3.95. The molecule has 8 heteroatoms. The number of anilines is 2. The first-order chi connectivity index (χ1) is 13.6. The summed E-state index contributed by atoms with van der Waals surface area (Å²) in [4.78, 5) is 9.36. The number of methoxy groups -OCH3 is 2. The summed E-state index contributed by atoms with van der Waals surface area (Å²) in [6.07, 6.45) is 0. The van der Waals surface area contributed by atoms with Crippen molar-refractivity contribution in [2.24, 2.45) is 0 Å². The van der Waals surface area contributed by atoms with Crippen LogP contribution in [-0.4, -0.2) is 24.2 Å². The van der Waals surface area contributed by atoms with Gasteiger partial charge in [-0.3, -0.25) is 0 Å². The van der Waals surface area contributed by atoms with Crippen molar-refractivity contribution >= 4 is 45.1 Å². The van der Waals surface area contributed by atoms with Crippen LogP contribution in [0.15, 0.2) is 53.2 Å². The number of benzene rings is 2. The molecule has 1 N–H and O–H groups in total. The zero-order chi connectivity index (χ0) is 19.5. The summed E-state index contributed by atoms with van der Waals surface area (Å²) in [7, 11) is 3.25. The van der Waals surface area contributed by atoms with E-state index in [1.165, 1.54) is 11.3 Å². The zero-order valence-electron chi connectivity index (χ0n) is 15.1. The maximum atomic E-state index is 6.08. The molecular weight excluding hydrogens is 414 g/mol. The van der Waals surface area contributed by atoms with Crippen LogP contribution in [0.4, 0.5) is 10.8 Å². The molecule has 0 radical (unpaired) electrons. The molecule has 4 aromatic rings. The van der Waals surface area contributed by atoms with E-state index < -0.39 is 0 Å². The number of halogens is 1. The fourth-order valence-electron chi connectivity index (χ4n) is 2.60. The molecular formula is C20H16ClN3O2S2. The quantitative estimate of drug-likeness (QED) is 0.387. The molecule has 0 bridgehead atoms. The summed E-state index contributed by atoms with van der Waals surface area (Å²) >= 11 is 9.15. The third-order valence-corrected chi connectivity index (χ3v) is 5.81. The summed E-state index contributed by atoms with van der Waals surface area (Å²) in [6.45, 7) is 0. The van der Waals surface area contributed by atoms with Gasteiger partial charge in [0.25, 0.3) is 0 Å². The first-order valence-corrected chi connectivity index (χ1v) is 10.5. The molecule has 0 amide bonds. The van der Waals surface area contributed by atoms with E-state index in [2.05, 4.69) is 10.3 Å². The Balaban J connectivity index is 1.55. The van der Waals surface area contributed by atoms with E-state index in [1.54, 1.807) is 25.6 Å². The summed E-state index contributed by atoms with van der Waals surface area (Å²) in [6, 6.07) is 13.3. The van der Waals surface area contributed by atoms with Crippen LogP contribution in [0.5, 0.6) is 11.5 Å². The Kier molecular flexibility index (Phi) is 5.47. The van der Waals surface area contributed by atoms with Crippen molar-refractivity contribution in [1.82, 2.24) is 9.97 Å². The highest BCUT2D eigenvalue weighted by Gasteiger charge is 2.11. The maximum absolute atomic E-state index is 6.08. The molecule has 28 heavy (non-hydrogen) atoms. The number of hydrogen-bond donors (Lipinski definition) is 1. The minimum Gasteiger partial charge on any atom is -0.497 e. The van der Waals surface area contributed by atoms with Gasteiger partial charge in [0.1, 0.15) is 22.2 Å². The van der Waals surface area contributed by atoms with E-state index in [0.29, 0.717) is 16.5 Å². The molecule has 0 spiro atoms. The van der Waals surface area contributed by atoms with Crippen molar-refractivity contribution in [3.63, 3.8) is 0 Å². The predicted molar refractivity (Wildman–Crippen MR) is 116 cm³/mol. The fraction of sp³-hybridized carbons (Fsp3) is 0.100. The monoisotopic (exact) mass is 429 g/mol. The summed E-state index contributed by atoms with van der Waals surface area (Å²) in [5.41, 5.74) is 3.56. The predicted octanol–water partition coefficient (Wildman–Crippen LogP) is 6.35. The highest BCUT2D eigenvalue weighted by molar-refractivity contribution is 7.15. The minimum absolute atomic E-state index is 0.695. The second kappa shape index (κ2) is 8.18. The highest BCUT2D eigenvalue weighted by atomic mass is 35.5. The Morgan fingerprint density at radius 3 is 2.36 bits per heavy atom. The van der Waals surface area contributed by atoms with Gasteiger partial charge in [-0.25, -0.2) is 9.97 Å². The lowest BCUT2D eigenvalue weighted by molar-refractivity contribution is 0.395. The van der Waals surface area contributed by atoms with Gasteiger partial charge in [-0.15, -0.1) is 22.7 Å². The molecule has 2 aromatic heterocycles. The number of nitrogens with one attached hydrogen (secondary N) is 1. The van der Waals surface area contributed by atoms with Gasteiger partial charge in [-0.1, -0.05) is 23.7 Å². The van der Waals surface area contributed by atoms with E-state index in [4.69, 9.17) is 26.1 Å². The average Bonchev–Trinajstić information content (AvgIpc) is 3.37. The van der Waals surface area contributed by atoms with Crippen LogP contribution in [0.3, 0.4) is 0 Å². The van der Waals surface area contributed by atoms with Crippen molar-refractivity contribution < 1.29 is 9.47 Å². The smallest absolute Gasteiger partial charge is 0.187 e. The summed E-state index contributed by atoms with van der Waals surface area (Å²) in [5.74, 6) is 1.43. The number of nitrogens with zero attached hydrogens (tertiary/aromatic N) is 2. The average molecular weight is 430 g/mol. The molecule has 5 nitrogen and oxygen atoms in total. The van der Waals surface area contributed by atoms with E-state index in [0.717, 1.165) is 32.8 Å². The van der Waals surface area contributed by atoms with Crippen molar-refractivity contribution in [2.45, 2.75) is 0 Å². The molecule has 0 unspecified atom stereocenters. The van der Waals surface area contributed by atoms with Gasteiger partial charge in [0.2, 0.25) is 0 Å². The van der Waals surface area contributed by atoms with Gasteiger partial charge in [-0.05, 0) is 12.1 Å². The third kappa shape index (κ3) is 4.11. The lowest BCUT2D eigenvalue weighted by Gasteiger charge is -2.08. The summed E-state index contributed by atoms with van der Waals surface area (Å²) < 4.78 is 10.6. The number of ether oxygens (including phenoxy) is 2. The topological polar surface area (TPSA) is 56.3 Å². The molecule has 4 rings (SSSR count). The van der Waals surface area contributed by atoms with Crippen molar-refractivity contribution in [2.75, 3.05) is 19.5 Å². The Morgan fingerprint density at radius 2 is 1.64 bits per heavy atom. The number of hydrogen-bond acceptors (Lipinski definition) is 7. The van der Waals surface area contributed by atoms with Crippen LogP contribution < -0.4 is 14.8 Å². The molecule has 0 saturated heterocycles. The van der Waals surface area contributed by atoms with Gasteiger partial charge in [0.15, 0.2) is 5.13 Å². The summed E-state index contributed by atoms with van der Waals surface area (Å²) in [5, 5.41) is 9.62.